The van der Waals surface area contributed by atoms with E-state index in [1.165, 1.54) is 14.0 Å². The molecular weight excluding hydrogens is 378 g/mol. The highest BCUT2D eigenvalue weighted by Crippen LogP contribution is 2.23. The third-order valence-electron chi connectivity index (χ3n) is 4.67. The summed E-state index contributed by atoms with van der Waals surface area (Å²) in [5.74, 6) is -1.82. The molecule has 1 aliphatic rings. The van der Waals surface area contributed by atoms with Crippen molar-refractivity contribution in [2.45, 2.75) is 38.3 Å². The SMILES string of the molecule is COCCNC(=O)[C@@H](C)OC(=O)CN1C(=O)N[C@](C)(CCc2ccccc2)C1=O. The third-order valence-corrected chi connectivity index (χ3v) is 4.67. The Kier molecular flexibility index (Phi) is 7.72. The molecule has 4 amide bonds. The lowest BCUT2D eigenvalue weighted by Crippen LogP contribution is -2.45. The number of carbonyl (C=O) groups excluding carboxylic acids is 4. The molecule has 9 nitrogen and oxygen atoms in total. The summed E-state index contributed by atoms with van der Waals surface area (Å²) < 4.78 is 9.86. The highest BCUT2D eigenvalue weighted by atomic mass is 16.5. The molecular formula is C20H27N3O6. The van der Waals surface area contributed by atoms with Gasteiger partial charge in [-0.2, -0.15) is 0 Å². The van der Waals surface area contributed by atoms with Crippen molar-refractivity contribution in [3.8, 4) is 0 Å². The van der Waals surface area contributed by atoms with Crippen molar-refractivity contribution in [1.29, 1.82) is 0 Å². The molecule has 1 aromatic carbocycles. The Morgan fingerprint density at radius 2 is 1.93 bits per heavy atom. The average molecular weight is 405 g/mol. The minimum absolute atomic E-state index is 0.282. The number of rotatable bonds is 10. The molecule has 0 saturated carbocycles. The molecule has 0 spiro atoms. The summed E-state index contributed by atoms with van der Waals surface area (Å²) in [5.41, 5.74) is -0.0574. The zero-order chi connectivity index (χ0) is 21.4. The number of nitrogens with one attached hydrogen (secondary N) is 2. The summed E-state index contributed by atoms with van der Waals surface area (Å²) >= 11 is 0. The molecule has 1 fully saturated rings. The number of ether oxygens (including phenoxy) is 2. The number of urea groups is 1. The van der Waals surface area contributed by atoms with Crippen LogP contribution in [0.5, 0.6) is 0 Å². The van der Waals surface area contributed by atoms with Crippen molar-refractivity contribution in [3.05, 3.63) is 35.9 Å². The van der Waals surface area contributed by atoms with Crippen LogP contribution in [0.3, 0.4) is 0 Å². The second kappa shape index (κ2) is 10.0. The summed E-state index contributed by atoms with van der Waals surface area (Å²) in [6.45, 7) is 3.10. The van der Waals surface area contributed by atoms with Gasteiger partial charge >= 0.3 is 12.0 Å². The van der Waals surface area contributed by atoms with Crippen LogP contribution in [0.2, 0.25) is 0 Å². The van der Waals surface area contributed by atoms with E-state index in [1.54, 1.807) is 6.92 Å². The molecule has 2 atom stereocenters. The maximum atomic E-state index is 12.7. The molecule has 9 heteroatoms. The summed E-state index contributed by atoms with van der Waals surface area (Å²) in [6.07, 6.45) is -0.0595. The van der Waals surface area contributed by atoms with Gasteiger partial charge in [-0.1, -0.05) is 30.3 Å². The van der Waals surface area contributed by atoms with Gasteiger partial charge in [0.2, 0.25) is 0 Å². The van der Waals surface area contributed by atoms with E-state index in [-0.39, 0.29) is 6.54 Å². The fraction of sp³-hybridized carbons (Fsp3) is 0.500. The number of hydrogen-bond donors (Lipinski definition) is 2. The van der Waals surface area contributed by atoms with Crippen LogP contribution in [-0.2, 0) is 30.3 Å². The van der Waals surface area contributed by atoms with Crippen LogP contribution >= 0.6 is 0 Å². The predicted molar refractivity (Wildman–Crippen MR) is 104 cm³/mol. The molecule has 0 bridgehead atoms. The van der Waals surface area contributed by atoms with Crippen LogP contribution in [-0.4, -0.2) is 67.2 Å². The van der Waals surface area contributed by atoms with Gasteiger partial charge in [-0.3, -0.25) is 19.3 Å². The van der Waals surface area contributed by atoms with Crippen molar-refractivity contribution < 1.29 is 28.7 Å². The number of benzene rings is 1. The lowest BCUT2D eigenvalue weighted by atomic mass is 9.93. The van der Waals surface area contributed by atoms with E-state index in [4.69, 9.17) is 9.47 Å². The third kappa shape index (κ3) is 6.02. The molecule has 2 rings (SSSR count). The maximum absolute atomic E-state index is 12.7. The number of aryl methyl sites for hydroxylation is 1. The van der Waals surface area contributed by atoms with Crippen LogP contribution in [0.15, 0.2) is 30.3 Å². The van der Waals surface area contributed by atoms with Gasteiger partial charge < -0.3 is 20.1 Å². The summed E-state index contributed by atoms with van der Waals surface area (Å²) in [5, 5.41) is 5.20. The van der Waals surface area contributed by atoms with Gasteiger partial charge in [0, 0.05) is 13.7 Å². The second-order valence-corrected chi connectivity index (χ2v) is 7.06. The largest absolute Gasteiger partial charge is 0.451 e. The molecule has 1 heterocycles. The quantitative estimate of drug-likeness (QED) is 0.335. The fourth-order valence-electron chi connectivity index (χ4n) is 2.94. The first kappa shape index (κ1) is 22.4. The lowest BCUT2D eigenvalue weighted by Gasteiger charge is -2.21. The molecule has 0 aliphatic carbocycles. The van der Waals surface area contributed by atoms with Gasteiger partial charge in [0.1, 0.15) is 12.1 Å². The van der Waals surface area contributed by atoms with Crippen LogP contribution in [0, 0.1) is 0 Å². The number of esters is 1. The second-order valence-electron chi connectivity index (χ2n) is 7.06. The number of methoxy groups -OCH3 is 1. The molecule has 0 aromatic heterocycles. The van der Waals surface area contributed by atoms with Crippen LogP contribution in [0.4, 0.5) is 4.79 Å². The monoisotopic (exact) mass is 405 g/mol. The molecule has 1 saturated heterocycles. The predicted octanol–water partition coefficient (Wildman–Crippen LogP) is 0.624. The number of nitrogens with zero attached hydrogens (tertiary/aromatic N) is 1. The number of hydrogen-bond acceptors (Lipinski definition) is 6. The minimum atomic E-state index is -1.10. The summed E-state index contributed by atoms with van der Waals surface area (Å²) in [6, 6.07) is 8.94. The van der Waals surface area contributed by atoms with Crippen molar-refractivity contribution in [3.63, 3.8) is 0 Å². The van der Waals surface area contributed by atoms with Crippen molar-refractivity contribution in [2.75, 3.05) is 26.8 Å². The zero-order valence-electron chi connectivity index (χ0n) is 16.9. The maximum Gasteiger partial charge on any atom is 0.327 e. The molecule has 0 unspecified atom stereocenters. The van der Waals surface area contributed by atoms with E-state index in [0.29, 0.717) is 19.4 Å². The van der Waals surface area contributed by atoms with Crippen LogP contribution < -0.4 is 10.6 Å². The molecule has 29 heavy (non-hydrogen) atoms. The standard InChI is InChI=1S/C20H27N3O6/c1-14(17(25)21-11-12-28-3)29-16(24)13-23-18(26)20(2,22-19(23)27)10-9-15-7-5-4-6-8-15/h4-8,14H,9-13H2,1-3H3,(H,21,25)(H,22,27)/t14-,20-/m1/s1. The molecule has 1 aliphatic heterocycles. The van der Waals surface area contributed by atoms with E-state index in [1.807, 2.05) is 30.3 Å². The Morgan fingerprint density at radius 3 is 2.59 bits per heavy atom. The Bertz CT molecular complexity index is 754. The van der Waals surface area contributed by atoms with Gasteiger partial charge in [0.15, 0.2) is 6.10 Å². The van der Waals surface area contributed by atoms with Crippen molar-refractivity contribution >= 4 is 23.8 Å². The highest BCUT2D eigenvalue weighted by molar-refractivity contribution is 6.08. The summed E-state index contributed by atoms with van der Waals surface area (Å²) in [7, 11) is 1.50. The topological polar surface area (TPSA) is 114 Å². The van der Waals surface area contributed by atoms with Gasteiger partial charge in [-0.15, -0.1) is 0 Å². The summed E-state index contributed by atoms with van der Waals surface area (Å²) in [4.78, 5) is 49.7. The Balaban J connectivity index is 1.88. The number of carbonyl (C=O) groups is 4. The fourth-order valence-corrected chi connectivity index (χ4v) is 2.94. The Hall–Kier alpha value is -2.94. The van der Waals surface area contributed by atoms with Crippen molar-refractivity contribution in [2.24, 2.45) is 0 Å². The number of imide groups is 1. The van der Waals surface area contributed by atoms with Gasteiger partial charge in [0.25, 0.3) is 11.8 Å². The van der Waals surface area contributed by atoms with Crippen LogP contribution in [0.25, 0.3) is 0 Å². The first-order valence-electron chi connectivity index (χ1n) is 9.41. The van der Waals surface area contributed by atoms with Gasteiger partial charge in [-0.05, 0) is 32.3 Å². The lowest BCUT2D eigenvalue weighted by molar-refractivity contribution is -0.156. The minimum Gasteiger partial charge on any atom is -0.451 e. The first-order chi connectivity index (χ1) is 13.8. The van der Waals surface area contributed by atoms with E-state index >= 15 is 0 Å². The van der Waals surface area contributed by atoms with Crippen LogP contribution in [0.1, 0.15) is 25.8 Å². The van der Waals surface area contributed by atoms with E-state index in [2.05, 4.69) is 10.6 Å². The van der Waals surface area contributed by atoms with E-state index in [9.17, 15) is 19.2 Å². The highest BCUT2D eigenvalue weighted by Gasteiger charge is 2.48. The van der Waals surface area contributed by atoms with Crippen molar-refractivity contribution in [1.82, 2.24) is 15.5 Å². The molecule has 2 N–H and O–H groups in total. The molecule has 1 aromatic rings. The Labute approximate surface area is 169 Å². The average Bonchev–Trinajstić information content (AvgIpc) is 2.90. The first-order valence-corrected chi connectivity index (χ1v) is 9.41. The van der Waals surface area contributed by atoms with E-state index < -0.39 is 42.0 Å². The smallest absolute Gasteiger partial charge is 0.327 e. The van der Waals surface area contributed by atoms with E-state index in [0.717, 1.165) is 10.5 Å². The normalized spacial score (nSPS) is 19.6. The van der Waals surface area contributed by atoms with Gasteiger partial charge in [0.05, 0.1) is 6.61 Å². The molecule has 0 radical (unpaired) electrons. The Morgan fingerprint density at radius 1 is 1.24 bits per heavy atom. The number of amides is 4. The zero-order valence-corrected chi connectivity index (χ0v) is 16.9. The van der Waals surface area contributed by atoms with Gasteiger partial charge in [-0.25, -0.2) is 4.79 Å². The molecule has 158 valence electrons.